The van der Waals surface area contributed by atoms with Crippen LogP contribution in [0, 0.1) is 6.92 Å². The minimum atomic E-state index is -1.20. The molecule has 0 bridgehead atoms. The minimum absolute atomic E-state index is 0.239. The van der Waals surface area contributed by atoms with Crippen LogP contribution in [0.25, 0.3) is 0 Å². The number of rotatable bonds is 2. The van der Waals surface area contributed by atoms with E-state index >= 15 is 0 Å². The summed E-state index contributed by atoms with van der Waals surface area (Å²) in [6, 6.07) is 7.91. The van der Waals surface area contributed by atoms with E-state index in [9.17, 15) is 4.57 Å². The van der Waals surface area contributed by atoms with Gasteiger partial charge in [0.05, 0.1) is 0 Å². The Labute approximate surface area is 74.6 Å². The summed E-state index contributed by atoms with van der Waals surface area (Å²) in [6.07, 6.45) is 0. The van der Waals surface area contributed by atoms with E-state index in [2.05, 4.69) is 0 Å². The second-order valence-electron chi connectivity index (χ2n) is 3.26. The lowest BCUT2D eigenvalue weighted by Gasteiger charge is -2.04. The SMILES string of the molecule is Cc1ccc([P](=O)C(C)C)cc1. The highest BCUT2D eigenvalue weighted by Crippen LogP contribution is 2.26. The maximum absolute atomic E-state index is 11.6. The molecule has 0 aliphatic heterocycles. The van der Waals surface area contributed by atoms with E-state index < -0.39 is 7.80 Å². The molecule has 0 amide bonds. The summed E-state index contributed by atoms with van der Waals surface area (Å²) in [5.41, 5.74) is 1.45. The van der Waals surface area contributed by atoms with Crippen molar-refractivity contribution in [3.05, 3.63) is 29.8 Å². The van der Waals surface area contributed by atoms with Crippen LogP contribution >= 0.6 is 7.80 Å². The van der Waals surface area contributed by atoms with Gasteiger partial charge in [0.15, 0.2) is 0 Å². The van der Waals surface area contributed by atoms with Crippen LogP contribution < -0.4 is 5.30 Å². The molecule has 12 heavy (non-hydrogen) atoms. The molecule has 1 rings (SSSR count). The number of hydrogen-bond acceptors (Lipinski definition) is 1. The minimum Gasteiger partial charge on any atom is -0.282 e. The highest BCUT2D eigenvalue weighted by molar-refractivity contribution is 7.54. The summed E-state index contributed by atoms with van der Waals surface area (Å²) in [5, 5.41) is 0.964. The van der Waals surface area contributed by atoms with Crippen LogP contribution in [0.15, 0.2) is 24.3 Å². The fourth-order valence-electron chi connectivity index (χ4n) is 0.990. The number of benzene rings is 1. The van der Waals surface area contributed by atoms with Crippen LogP contribution in [0.5, 0.6) is 0 Å². The lowest BCUT2D eigenvalue weighted by Crippen LogP contribution is -2.01. The van der Waals surface area contributed by atoms with Crippen LogP contribution in [-0.4, -0.2) is 5.66 Å². The van der Waals surface area contributed by atoms with Gasteiger partial charge in [-0.2, -0.15) is 0 Å². The van der Waals surface area contributed by atoms with Crippen molar-refractivity contribution in [3.63, 3.8) is 0 Å². The van der Waals surface area contributed by atoms with Gasteiger partial charge in [-0.3, -0.25) is 4.57 Å². The summed E-state index contributed by atoms with van der Waals surface area (Å²) >= 11 is 0. The van der Waals surface area contributed by atoms with E-state index in [-0.39, 0.29) is 5.66 Å². The molecule has 1 aromatic rings. The van der Waals surface area contributed by atoms with Crippen LogP contribution in [0.1, 0.15) is 19.4 Å². The average molecular weight is 181 g/mol. The third kappa shape index (κ3) is 2.15. The van der Waals surface area contributed by atoms with Gasteiger partial charge in [0.1, 0.15) is 7.80 Å². The number of aryl methyl sites for hydroxylation is 1. The Morgan fingerprint density at radius 1 is 1.17 bits per heavy atom. The molecule has 0 heterocycles. The molecule has 0 aliphatic carbocycles. The normalized spacial score (nSPS) is 11.8. The maximum Gasteiger partial charge on any atom is 0.106 e. The highest BCUT2D eigenvalue weighted by atomic mass is 31.1. The molecular formula is C10H14OP. The van der Waals surface area contributed by atoms with E-state index in [4.69, 9.17) is 0 Å². The molecule has 0 fully saturated rings. The average Bonchev–Trinajstić information content (AvgIpc) is 2.04. The van der Waals surface area contributed by atoms with Gasteiger partial charge in [0.2, 0.25) is 0 Å². The predicted octanol–water partition coefficient (Wildman–Crippen LogP) is 2.86. The van der Waals surface area contributed by atoms with Crippen molar-refractivity contribution in [2.24, 2.45) is 0 Å². The summed E-state index contributed by atoms with van der Waals surface area (Å²) in [5.74, 6) is 0. The fraction of sp³-hybridized carbons (Fsp3) is 0.400. The molecule has 1 aromatic carbocycles. The van der Waals surface area contributed by atoms with Crippen LogP contribution in [0.2, 0.25) is 0 Å². The molecule has 0 aliphatic rings. The quantitative estimate of drug-likeness (QED) is 0.641. The fourth-order valence-corrected chi connectivity index (χ4v) is 2.03. The standard InChI is InChI=1S/C10H14OP/c1-8(2)12(11)10-6-4-9(3)5-7-10/h4-8H,1-3H3. The Bertz CT molecular complexity index is 274. The lowest BCUT2D eigenvalue weighted by molar-refractivity contribution is 0.588. The zero-order valence-corrected chi connectivity index (χ0v) is 8.64. The largest absolute Gasteiger partial charge is 0.282 e. The van der Waals surface area contributed by atoms with Gasteiger partial charge >= 0.3 is 0 Å². The van der Waals surface area contributed by atoms with Gasteiger partial charge in [-0.05, 0) is 19.1 Å². The van der Waals surface area contributed by atoms with Crippen LogP contribution in [0.4, 0.5) is 0 Å². The molecule has 1 unspecified atom stereocenters. The lowest BCUT2D eigenvalue weighted by atomic mass is 10.2. The molecule has 65 valence electrons. The molecule has 1 radical (unpaired) electrons. The smallest absolute Gasteiger partial charge is 0.106 e. The topological polar surface area (TPSA) is 17.1 Å². The molecule has 0 saturated carbocycles. The predicted molar refractivity (Wildman–Crippen MR) is 53.6 cm³/mol. The van der Waals surface area contributed by atoms with Crippen LogP contribution in [-0.2, 0) is 4.57 Å². The molecule has 1 atom stereocenters. The third-order valence-electron chi connectivity index (χ3n) is 1.76. The van der Waals surface area contributed by atoms with Gasteiger partial charge < -0.3 is 0 Å². The Balaban J connectivity index is 2.90. The first-order valence-corrected chi connectivity index (χ1v) is 5.47. The second kappa shape index (κ2) is 3.82. The molecule has 0 N–H and O–H groups in total. The van der Waals surface area contributed by atoms with Crippen molar-refractivity contribution in [1.82, 2.24) is 0 Å². The zero-order valence-electron chi connectivity index (χ0n) is 7.74. The summed E-state index contributed by atoms with van der Waals surface area (Å²) in [6.45, 7) is 6.00. The molecule has 1 nitrogen and oxygen atoms in total. The van der Waals surface area contributed by atoms with Gasteiger partial charge in [-0.1, -0.05) is 31.5 Å². The first-order valence-electron chi connectivity index (χ1n) is 4.14. The van der Waals surface area contributed by atoms with Crippen molar-refractivity contribution in [3.8, 4) is 0 Å². The molecule has 0 aromatic heterocycles. The summed E-state index contributed by atoms with van der Waals surface area (Å²) < 4.78 is 11.6. The van der Waals surface area contributed by atoms with E-state index in [0.717, 1.165) is 5.30 Å². The van der Waals surface area contributed by atoms with Crippen LogP contribution in [0.3, 0.4) is 0 Å². The summed E-state index contributed by atoms with van der Waals surface area (Å²) in [7, 11) is -1.20. The first-order chi connectivity index (χ1) is 5.61. The molecular weight excluding hydrogens is 167 g/mol. The monoisotopic (exact) mass is 181 g/mol. The Morgan fingerprint density at radius 3 is 2.08 bits per heavy atom. The van der Waals surface area contributed by atoms with Gasteiger partial charge in [-0.15, -0.1) is 0 Å². The molecule has 0 spiro atoms. The number of hydrogen-bond donors (Lipinski definition) is 0. The van der Waals surface area contributed by atoms with Gasteiger partial charge in [0.25, 0.3) is 0 Å². The Hall–Kier alpha value is -0.680. The van der Waals surface area contributed by atoms with Crippen molar-refractivity contribution < 1.29 is 4.57 Å². The Morgan fingerprint density at radius 2 is 1.67 bits per heavy atom. The highest BCUT2D eigenvalue weighted by Gasteiger charge is 2.07. The van der Waals surface area contributed by atoms with Crippen molar-refractivity contribution >= 4 is 13.1 Å². The van der Waals surface area contributed by atoms with Gasteiger partial charge in [-0.25, -0.2) is 0 Å². The van der Waals surface area contributed by atoms with E-state index in [1.165, 1.54) is 5.56 Å². The van der Waals surface area contributed by atoms with Crippen molar-refractivity contribution in [1.29, 1.82) is 0 Å². The van der Waals surface area contributed by atoms with Crippen molar-refractivity contribution in [2.75, 3.05) is 0 Å². The zero-order chi connectivity index (χ0) is 9.14. The Kier molecular flexibility index (Phi) is 2.99. The third-order valence-corrected chi connectivity index (χ3v) is 3.50. The van der Waals surface area contributed by atoms with E-state index in [0.29, 0.717) is 0 Å². The summed E-state index contributed by atoms with van der Waals surface area (Å²) in [4.78, 5) is 0. The van der Waals surface area contributed by atoms with E-state index in [1.54, 1.807) is 0 Å². The maximum atomic E-state index is 11.6. The van der Waals surface area contributed by atoms with E-state index in [1.807, 2.05) is 45.0 Å². The second-order valence-corrected chi connectivity index (χ2v) is 5.46. The molecule has 0 saturated heterocycles. The first kappa shape index (κ1) is 9.41. The molecule has 2 heteroatoms. The van der Waals surface area contributed by atoms with Gasteiger partial charge in [0, 0.05) is 11.0 Å². The van der Waals surface area contributed by atoms with Crippen molar-refractivity contribution in [2.45, 2.75) is 26.4 Å².